The molecule has 0 unspecified atom stereocenters. The second kappa shape index (κ2) is 9.35. The van der Waals surface area contributed by atoms with Gasteiger partial charge in [0.1, 0.15) is 10.8 Å². The third kappa shape index (κ3) is 4.93. The number of halogens is 1. The average Bonchev–Trinajstić information content (AvgIpc) is 3.24. The van der Waals surface area contributed by atoms with Crippen LogP contribution in [0.1, 0.15) is 16.1 Å². The second-order valence-corrected chi connectivity index (χ2v) is 7.91. The lowest BCUT2D eigenvalue weighted by Gasteiger charge is -2.26. The van der Waals surface area contributed by atoms with E-state index in [1.54, 1.807) is 28.5 Å². The smallest absolute Gasteiger partial charge is 0.255 e. The third-order valence-electron chi connectivity index (χ3n) is 4.63. The Morgan fingerprint density at radius 3 is 2.79 bits per heavy atom. The lowest BCUT2D eigenvalue weighted by atomic mass is 10.2. The molecule has 6 nitrogen and oxygen atoms in total. The molecule has 1 amide bonds. The Morgan fingerprint density at radius 2 is 2.03 bits per heavy atom. The number of aromatic nitrogens is 2. The van der Waals surface area contributed by atoms with Crippen molar-refractivity contribution in [1.29, 1.82) is 0 Å². The molecule has 2 aromatic heterocycles. The van der Waals surface area contributed by atoms with Crippen molar-refractivity contribution in [2.45, 2.75) is 6.42 Å². The van der Waals surface area contributed by atoms with Crippen LogP contribution in [-0.4, -0.2) is 53.6 Å². The summed E-state index contributed by atoms with van der Waals surface area (Å²) in [4.78, 5) is 23.3. The van der Waals surface area contributed by atoms with Crippen molar-refractivity contribution in [1.82, 2.24) is 14.9 Å². The summed E-state index contributed by atoms with van der Waals surface area (Å²) in [6, 6.07) is 11.8. The molecule has 4 rings (SSSR count). The molecule has 0 saturated carbocycles. The Balaban J connectivity index is 1.33. The van der Waals surface area contributed by atoms with Gasteiger partial charge in [-0.2, -0.15) is 0 Å². The number of carbonyl (C=O) groups is 1. The first kappa shape index (κ1) is 19.8. The number of nitrogens with zero attached hydrogens (tertiary/aromatic N) is 3. The summed E-state index contributed by atoms with van der Waals surface area (Å²) in [6.45, 7) is 2.97. The summed E-state index contributed by atoms with van der Waals surface area (Å²) in [5.41, 5.74) is 2.65. The van der Waals surface area contributed by atoms with Crippen molar-refractivity contribution in [3.63, 3.8) is 0 Å². The number of carbonyl (C=O) groups excluding carboxylic acids is 1. The lowest BCUT2D eigenvalue weighted by Crippen LogP contribution is -2.40. The zero-order valence-electron chi connectivity index (χ0n) is 15.8. The predicted molar refractivity (Wildman–Crippen MR) is 116 cm³/mol. The SMILES string of the molecule is O=C(c1cnc(NCCc2csc(-c3ccccc3)n2)c(Cl)c1)N1CCOCC1. The van der Waals surface area contributed by atoms with Gasteiger partial charge in [0.15, 0.2) is 0 Å². The molecule has 0 atom stereocenters. The molecule has 1 aromatic carbocycles. The van der Waals surface area contributed by atoms with E-state index in [0.717, 1.165) is 22.7 Å². The Hall–Kier alpha value is -2.48. The lowest BCUT2D eigenvalue weighted by molar-refractivity contribution is 0.0302. The van der Waals surface area contributed by atoms with E-state index in [1.165, 1.54) is 0 Å². The summed E-state index contributed by atoms with van der Waals surface area (Å²) in [5, 5.41) is 6.76. The summed E-state index contributed by atoms with van der Waals surface area (Å²) in [5.74, 6) is 0.508. The molecule has 0 bridgehead atoms. The molecule has 29 heavy (non-hydrogen) atoms. The van der Waals surface area contributed by atoms with E-state index in [-0.39, 0.29) is 5.91 Å². The first-order valence-electron chi connectivity index (χ1n) is 9.47. The van der Waals surface area contributed by atoms with E-state index in [9.17, 15) is 4.79 Å². The van der Waals surface area contributed by atoms with Gasteiger partial charge in [-0.05, 0) is 6.07 Å². The maximum absolute atomic E-state index is 12.5. The molecule has 0 radical (unpaired) electrons. The molecule has 3 heterocycles. The molecule has 1 fully saturated rings. The second-order valence-electron chi connectivity index (χ2n) is 6.65. The van der Waals surface area contributed by atoms with E-state index in [1.807, 2.05) is 18.2 Å². The van der Waals surface area contributed by atoms with Crippen molar-refractivity contribution < 1.29 is 9.53 Å². The summed E-state index contributed by atoms with van der Waals surface area (Å²) in [7, 11) is 0. The number of rotatable bonds is 6. The Labute approximate surface area is 178 Å². The molecule has 0 spiro atoms. The molecule has 8 heteroatoms. The number of hydrogen-bond acceptors (Lipinski definition) is 6. The highest BCUT2D eigenvalue weighted by atomic mass is 35.5. The quantitative estimate of drug-likeness (QED) is 0.643. The minimum Gasteiger partial charge on any atom is -0.378 e. The van der Waals surface area contributed by atoms with E-state index >= 15 is 0 Å². The number of anilines is 1. The number of benzene rings is 1. The molecule has 150 valence electrons. The van der Waals surface area contributed by atoms with Crippen LogP contribution in [0.2, 0.25) is 5.02 Å². The van der Waals surface area contributed by atoms with Gasteiger partial charge < -0.3 is 15.0 Å². The number of ether oxygens (including phenoxy) is 1. The van der Waals surface area contributed by atoms with Crippen molar-refractivity contribution in [3.05, 3.63) is 64.3 Å². The molecule has 3 aromatic rings. The fraction of sp³-hybridized carbons (Fsp3) is 0.286. The number of hydrogen-bond donors (Lipinski definition) is 1. The molecule has 1 N–H and O–H groups in total. The fourth-order valence-corrected chi connectivity index (χ4v) is 4.17. The van der Waals surface area contributed by atoms with Crippen molar-refractivity contribution >= 4 is 34.7 Å². The first-order valence-corrected chi connectivity index (χ1v) is 10.7. The van der Waals surface area contributed by atoms with Crippen LogP contribution in [0.15, 0.2) is 48.0 Å². The van der Waals surface area contributed by atoms with Gasteiger partial charge in [-0.15, -0.1) is 11.3 Å². The standard InChI is InChI=1S/C21H21ClN4O2S/c22-18-12-16(21(27)26-8-10-28-11-9-26)13-24-19(18)23-7-6-17-14-29-20(25-17)15-4-2-1-3-5-15/h1-5,12-14H,6-11H2,(H,23,24). The van der Waals surface area contributed by atoms with Gasteiger partial charge >= 0.3 is 0 Å². The Morgan fingerprint density at radius 1 is 1.24 bits per heavy atom. The van der Waals surface area contributed by atoms with Crippen LogP contribution in [-0.2, 0) is 11.2 Å². The highest BCUT2D eigenvalue weighted by molar-refractivity contribution is 7.13. The average molecular weight is 429 g/mol. The van der Waals surface area contributed by atoms with E-state index in [0.29, 0.717) is 49.3 Å². The number of thiazole rings is 1. The van der Waals surface area contributed by atoms with E-state index in [2.05, 4.69) is 32.8 Å². The Bertz CT molecular complexity index is 974. The Kier molecular flexibility index (Phi) is 6.39. The molecule has 0 aliphatic carbocycles. The normalized spacial score (nSPS) is 14.0. The third-order valence-corrected chi connectivity index (χ3v) is 5.86. The number of morpholine rings is 1. The van der Waals surface area contributed by atoms with Crippen LogP contribution in [0.3, 0.4) is 0 Å². The molecular weight excluding hydrogens is 408 g/mol. The number of nitrogens with one attached hydrogen (secondary N) is 1. The number of pyridine rings is 1. The summed E-state index contributed by atoms with van der Waals surface area (Å²) in [6.07, 6.45) is 2.33. The molecule has 1 saturated heterocycles. The fourth-order valence-electron chi connectivity index (χ4n) is 3.08. The van der Waals surface area contributed by atoms with Gasteiger partial charge in [0.25, 0.3) is 5.91 Å². The topological polar surface area (TPSA) is 67.4 Å². The summed E-state index contributed by atoms with van der Waals surface area (Å²) >= 11 is 7.98. The van der Waals surface area contributed by atoms with Gasteiger partial charge in [-0.25, -0.2) is 9.97 Å². The van der Waals surface area contributed by atoms with Gasteiger partial charge in [0.2, 0.25) is 0 Å². The van der Waals surface area contributed by atoms with Crippen LogP contribution in [0.25, 0.3) is 10.6 Å². The van der Waals surface area contributed by atoms with Crippen LogP contribution >= 0.6 is 22.9 Å². The van der Waals surface area contributed by atoms with Crippen LogP contribution in [0.5, 0.6) is 0 Å². The summed E-state index contributed by atoms with van der Waals surface area (Å²) < 4.78 is 5.29. The van der Waals surface area contributed by atoms with Crippen molar-refractivity contribution in [2.24, 2.45) is 0 Å². The van der Waals surface area contributed by atoms with Gasteiger partial charge in [-0.1, -0.05) is 41.9 Å². The highest BCUT2D eigenvalue weighted by Gasteiger charge is 2.19. The molecule has 1 aliphatic heterocycles. The van der Waals surface area contributed by atoms with Gasteiger partial charge in [0, 0.05) is 43.2 Å². The zero-order valence-corrected chi connectivity index (χ0v) is 17.4. The first-order chi connectivity index (χ1) is 14.2. The number of amides is 1. The van der Waals surface area contributed by atoms with Gasteiger partial charge in [-0.3, -0.25) is 4.79 Å². The van der Waals surface area contributed by atoms with Crippen LogP contribution in [0, 0.1) is 0 Å². The van der Waals surface area contributed by atoms with Crippen molar-refractivity contribution in [2.75, 3.05) is 38.2 Å². The molecule has 1 aliphatic rings. The zero-order chi connectivity index (χ0) is 20.1. The molecular formula is C21H21ClN4O2S. The minimum absolute atomic E-state index is 0.0647. The van der Waals surface area contributed by atoms with Crippen LogP contribution < -0.4 is 5.32 Å². The van der Waals surface area contributed by atoms with E-state index < -0.39 is 0 Å². The monoisotopic (exact) mass is 428 g/mol. The van der Waals surface area contributed by atoms with Gasteiger partial charge in [0.05, 0.1) is 29.5 Å². The largest absolute Gasteiger partial charge is 0.378 e. The van der Waals surface area contributed by atoms with E-state index in [4.69, 9.17) is 16.3 Å². The maximum Gasteiger partial charge on any atom is 0.255 e. The van der Waals surface area contributed by atoms with Crippen LogP contribution in [0.4, 0.5) is 5.82 Å². The van der Waals surface area contributed by atoms with Crippen molar-refractivity contribution in [3.8, 4) is 10.6 Å². The maximum atomic E-state index is 12.5. The highest BCUT2D eigenvalue weighted by Crippen LogP contribution is 2.24. The minimum atomic E-state index is -0.0647. The predicted octanol–water partition coefficient (Wildman–Crippen LogP) is 3.99.